The van der Waals surface area contributed by atoms with Crippen molar-refractivity contribution in [2.75, 3.05) is 0 Å². The molecule has 2 aromatic carbocycles. The normalized spacial score (nSPS) is 15.5. The molecule has 0 unspecified atom stereocenters. The number of carboxylic acids is 1. The van der Waals surface area contributed by atoms with Crippen LogP contribution in [0.2, 0.25) is 5.02 Å². The molecule has 0 amide bonds. The van der Waals surface area contributed by atoms with E-state index in [1.54, 1.807) is 28.9 Å². The molecule has 0 saturated heterocycles. The van der Waals surface area contributed by atoms with Crippen LogP contribution >= 0.6 is 23.4 Å². The molecule has 0 bridgehead atoms. The maximum atomic E-state index is 11.4. The van der Waals surface area contributed by atoms with Crippen LogP contribution in [0.15, 0.2) is 58.8 Å². The number of benzene rings is 2. The van der Waals surface area contributed by atoms with Crippen molar-refractivity contribution >= 4 is 35.0 Å². The molecular formula is C20H17ClN4O3S. The minimum atomic E-state index is -0.887. The number of hydrogen-bond donors (Lipinski definition) is 1. The summed E-state index contributed by atoms with van der Waals surface area (Å²) in [7, 11) is 0. The summed E-state index contributed by atoms with van der Waals surface area (Å²) in [6.45, 7) is 2.17. The van der Waals surface area contributed by atoms with Crippen LogP contribution < -0.4 is 4.74 Å². The van der Waals surface area contributed by atoms with E-state index < -0.39 is 5.97 Å². The van der Waals surface area contributed by atoms with Gasteiger partial charge in [0.2, 0.25) is 5.16 Å². The highest BCUT2D eigenvalue weighted by molar-refractivity contribution is 8.00. The lowest BCUT2D eigenvalue weighted by atomic mass is 10.0. The molecule has 148 valence electrons. The van der Waals surface area contributed by atoms with Crippen molar-refractivity contribution in [1.82, 2.24) is 14.9 Å². The second-order valence-electron chi connectivity index (χ2n) is 6.51. The van der Waals surface area contributed by atoms with Crippen LogP contribution in [-0.2, 0) is 11.4 Å². The molecule has 0 spiro atoms. The first kappa shape index (κ1) is 19.5. The molecule has 1 aliphatic rings. The summed E-state index contributed by atoms with van der Waals surface area (Å²) in [5, 5.41) is 23.2. The van der Waals surface area contributed by atoms with Crippen LogP contribution in [0.25, 0.3) is 0 Å². The first-order valence-corrected chi connectivity index (χ1v) is 10.1. The van der Waals surface area contributed by atoms with Crippen molar-refractivity contribution in [3.63, 3.8) is 0 Å². The summed E-state index contributed by atoms with van der Waals surface area (Å²) in [5.41, 5.74) is 2.67. The van der Waals surface area contributed by atoms with Gasteiger partial charge in [-0.05, 0) is 36.8 Å². The summed E-state index contributed by atoms with van der Waals surface area (Å²) in [5.74, 6) is 0.295. The summed E-state index contributed by atoms with van der Waals surface area (Å²) in [6.07, 6.45) is -0.0547. The SMILES string of the molecule is Cc1ccc(C2=Nn3c(COc4ccc(Cl)cc4)nnc3S[C@@H]2CC(=O)O)cc1. The summed E-state index contributed by atoms with van der Waals surface area (Å²) < 4.78 is 7.38. The molecule has 2 heterocycles. The number of rotatable bonds is 6. The second kappa shape index (κ2) is 8.26. The number of ether oxygens (including phenoxy) is 1. The molecule has 1 aromatic heterocycles. The van der Waals surface area contributed by atoms with Crippen molar-refractivity contribution in [2.45, 2.75) is 30.4 Å². The van der Waals surface area contributed by atoms with E-state index in [1.807, 2.05) is 31.2 Å². The molecular weight excluding hydrogens is 412 g/mol. The number of nitrogens with zero attached hydrogens (tertiary/aromatic N) is 4. The Morgan fingerprint density at radius 1 is 1.17 bits per heavy atom. The lowest BCUT2D eigenvalue weighted by molar-refractivity contribution is -0.136. The van der Waals surface area contributed by atoms with Crippen molar-refractivity contribution in [2.24, 2.45) is 5.10 Å². The lowest BCUT2D eigenvalue weighted by Gasteiger charge is -2.22. The Bertz CT molecular complexity index is 1060. The first-order chi connectivity index (χ1) is 14.0. The number of halogens is 1. The van der Waals surface area contributed by atoms with Gasteiger partial charge in [0.15, 0.2) is 5.82 Å². The summed E-state index contributed by atoms with van der Waals surface area (Å²) >= 11 is 7.24. The van der Waals surface area contributed by atoms with Gasteiger partial charge in [-0.1, -0.05) is 53.2 Å². The fourth-order valence-corrected chi connectivity index (χ4v) is 4.09. The van der Waals surface area contributed by atoms with E-state index in [0.29, 0.717) is 27.5 Å². The van der Waals surface area contributed by atoms with Crippen LogP contribution in [0, 0.1) is 6.92 Å². The van der Waals surface area contributed by atoms with Gasteiger partial charge in [-0.2, -0.15) is 9.78 Å². The van der Waals surface area contributed by atoms with E-state index in [1.165, 1.54) is 11.8 Å². The zero-order valence-corrected chi connectivity index (χ0v) is 17.0. The summed E-state index contributed by atoms with van der Waals surface area (Å²) in [4.78, 5) is 11.4. The van der Waals surface area contributed by atoms with E-state index in [0.717, 1.165) is 11.1 Å². The predicted octanol–water partition coefficient (Wildman–Crippen LogP) is 4.02. The van der Waals surface area contributed by atoms with Crippen LogP contribution in [0.5, 0.6) is 5.75 Å². The van der Waals surface area contributed by atoms with Crippen LogP contribution in [0.1, 0.15) is 23.4 Å². The Labute approximate surface area is 176 Å². The Morgan fingerprint density at radius 3 is 2.59 bits per heavy atom. The van der Waals surface area contributed by atoms with Crippen LogP contribution in [-0.4, -0.2) is 36.9 Å². The maximum absolute atomic E-state index is 11.4. The van der Waals surface area contributed by atoms with Gasteiger partial charge in [0.1, 0.15) is 12.4 Å². The molecule has 9 heteroatoms. The monoisotopic (exact) mass is 428 g/mol. The topological polar surface area (TPSA) is 89.6 Å². The highest BCUT2D eigenvalue weighted by atomic mass is 35.5. The highest BCUT2D eigenvalue weighted by Gasteiger charge is 2.30. The number of fused-ring (bicyclic) bond motifs is 1. The molecule has 1 aliphatic heterocycles. The Hall–Kier alpha value is -2.84. The number of aliphatic carboxylic acids is 1. The Balaban J connectivity index is 1.63. The first-order valence-electron chi connectivity index (χ1n) is 8.86. The molecule has 29 heavy (non-hydrogen) atoms. The van der Waals surface area contributed by atoms with Crippen molar-refractivity contribution in [1.29, 1.82) is 0 Å². The molecule has 1 atom stereocenters. The minimum Gasteiger partial charge on any atom is -0.486 e. The Morgan fingerprint density at radius 2 is 1.90 bits per heavy atom. The fourth-order valence-electron chi connectivity index (χ4n) is 2.86. The molecule has 0 fully saturated rings. The summed E-state index contributed by atoms with van der Waals surface area (Å²) in [6, 6.07) is 14.9. The quantitative estimate of drug-likeness (QED) is 0.637. The zero-order chi connectivity index (χ0) is 20.4. The number of thioether (sulfide) groups is 1. The number of carboxylic acid groups (broad SMARTS) is 1. The molecule has 7 nitrogen and oxygen atoms in total. The lowest BCUT2D eigenvalue weighted by Crippen LogP contribution is -2.27. The highest BCUT2D eigenvalue weighted by Crippen LogP contribution is 2.32. The van der Waals surface area contributed by atoms with Gasteiger partial charge in [0.05, 0.1) is 17.4 Å². The molecule has 0 radical (unpaired) electrons. The van der Waals surface area contributed by atoms with E-state index in [-0.39, 0.29) is 18.3 Å². The van der Waals surface area contributed by atoms with E-state index in [4.69, 9.17) is 16.3 Å². The number of aromatic nitrogens is 3. The number of hydrogen-bond acceptors (Lipinski definition) is 6. The third-order valence-corrected chi connectivity index (χ3v) is 5.72. The molecule has 3 aromatic rings. The average molecular weight is 429 g/mol. The van der Waals surface area contributed by atoms with Crippen molar-refractivity contribution in [3.8, 4) is 5.75 Å². The number of carbonyl (C=O) groups is 1. The molecule has 0 saturated carbocycles. The van der Waals surface area contributed by atoms with Gasteiger partial charge in [-0.3, -0.25) is 4.79 Å². The predicted molar refractivity (Wildman–Crippen MR) is 111 cm³/mol. The zero-order valence-electron chi connectivity index (χ0n) is 15.4. The standard InChI is InChI=1S/C20H17ClN4O3S/c1-12-2-4-13(5-3-12)19-16(10-18(26)27)29-20-23-22-17(25(20)24-19)11-28-15-8-6-14(21)7-9-15/h2-9,16H,10-11H2,1H3,(H,26,27)/t16-/m1/s1. The third kappa shape index (κ3) is 4.44. The molecule has 0 aliphatic carbocycles. The molecule has 1 N–H and O–H groups in total. The van der Waals surface area contributed by atoms with Gasteiger partial charge >= 0.3 is 5.97 Å². The van der Waals surface area contributed by atoms with Crippen molar-refractivity contribution in [3.05, 3.63) is 70.5 Å². The van der Waals surface area contributed by atoms with Gasteiger partial charge < -0.3 is 9.84 Å². The average Bonchev–Trinajstić information content (AvgIpc) is 3.09. The van der Waals surface area contributed by atoms with Gasteiger partial charge in [0, 0.05) is 5.02 Å². The second-order valence-corrected chi connectivity index (χ2v) is 8.12. The molecule has 4 rings (SSSR count). The number of aryl methyl sites for hydroxylation is 1. The van der Waals surface area contributed by atoms with Crippen LogP contribution in [0.4, 0.5) is 0 Å². The largest absolute Gasteiger partial charge is 0.486 e. The van der Waals surface area contributed by atoms with E-state index in [2.05, 4.69) is 15.3 Å². The maximum Gasteiger partial charge on any atom is 0.304 e. The smallest absolute Gasteiger partial charge is 0.304 e. The van der Waals surface area contributed by atoms with E-state index >= 15 is 0 Å². The minimum absolute atomic E-state index is 0.0547. The fraction of sp³-hybridized carbons (Fsp3) is 0.200. The van der Waals surface area contributed by atoms with Crippen LogP contribution in [0.3, 0.4) is 0 Å². The third-order valence-electron chi connectivity index (χ3n) is 4.33. The van der Waals surface area contributed by atoms with Gasteiger partial charge in [-0.15, -0.1) is 10.2 Å². The van der Waals surface area contributed by atoms with E-state index in [9.17, 15) is 9.90 Å². The Kier molecular flexibility index (Phi) is 5.55. The van der Waals surface area contributed by atoms with Crippen molar-refractivity contribution < 1.29 is 14.6 Å². The van der Waals surface area contributed by atoms with Gasteiger partial charge in [-0.25, -0.2) is 0 Å². The van der Waals surface area contributed by atoms with Gasteiger partial charge in [0.25, 0.3) is 0 Å².